The summed E-state index contributed by atoms with van der Waals surface area (Å²) in [6, 6.07) is -0.306. The van der Waals surface area contributed by atoms with E-state index in [1.807, 2.05) is 0 Å². The molecule has 0 aromatic heterocycles. The highest BCUT2D eigenvalue weighted by atomic mass is 16.5. The fourth-order valence-corrected chi connectivity index (χ4v) is 2.75. The predicted molar refractivity (Wildman–Crippen MR) is 64.5 cm³/mol. The van der Waals surface area contributed by atoms with Gasteiger partial charge in [-0.3, -0.25) is 4.79 Å². The zero-order valence-electron chi connectivity index (χ0n) is 10.7. The van der Waals surface area contributed by atoms with Crippen LogP contribution in [0.2, 0.25) is 0 Å². The Bertz CT molecular complexity index is 282. The molecule has 0 spiro atoms. The number of aliphatic hydroxyl groups is 1. The highest BCUT2D eigenvalue weighted by molar-refractivity contribution is 5.76. The van der Waals surface area contributed by atoms with Crippen LogP contribution in [0.1, 0.15) is 39.5 Å². The van der Waals surface area contributed by atoms with Crippen molar-refractivity contribution in [3.8, 4) is 0 Å². The van der Waals surface area contributed by atoms with Gasteiger partial charge in [0.05, 0.1) is 6.10 Å². The highest BCUT2D eigenvalue weighted by Gasteiger charge is 2.33. The molecule has 4 heteroatoms. The monoisotopic (exact) mass is 241 g/mol. The lowest BCUT2D eigenvalue weighted by Gasteiger charge is -2.32. The molecule has 0 amide bonds. The molecule has 2 fully saturated rings. The molecule has 1 aliphatic heterocycles. The second-order valence-electron chi connectivity index (χ2n) is 5.68. The van der Waals surface area contributed by atoms with Crippen LogP contribution < -0.4 is 5.32 Å². The van der Waals surface area contributed by atoms with Gasteiger partial charge in [-0.05, 0) is 31.1 Å². The fraction of sp³-hybridized carbons (Fsp3) is 0.923. The lowest BCUT2D eigenvalue weighted by Crippen LogP contribution is -2.37. The molecule has 98 valence electrons. The number of rotatable bonds is 2. The molecule has 2 aliphatic rings. The van der Waals surface area contributed by atoms with E-state index in [-0.39, 0.29) is 18.1 Å². The van der Waals surface area contributed by atoms with Gasteiger partial charge < -0.3 is 15.2 Å². The number of esters is 1. The largest absolute Gasteiger partial charge is 0.461 e. The topological polar surface area (TPSA) is 58.6 Å². The number of aliphatic hydroxyl groups excluding tert-OH is 1. The second kappa shape index (κ2) is 5.36. The lowest BCUT2D eigenvalue weighted by molar-refractivity contribution is -0.154. The fourth-order valence-electron chi connectivity index (χ4n) is 2.75. The van der Waals surface area contributed by atoms with Crippen LogP contribution in [0, 0.1) is 11.8 Å². The van der Waals surface area contributed by atoms with Crippen molar-refractivity contribution in [1.82, 2.24) is 5.32 Å². The molecule has 1 aliphatic carbocycles. The van der Waals surface area contributed by atoms with Crippen LogP contribution in [0.4, 0.5) is 0 Å². The molecule has 5 atom stereocenters. The van der Waals surface area contributed by atoms with E-state index in [4.69, 9.17) is 4.74 Å². The third-order valence-electron chi connectivity index (χ3n) is 4.23. The van der Waals surface area contributed by atoms with Crippen molar-refractivity contribution in [2.45, 2.75) is 57.8 Å². The first kappa shape index (κ1) is 12.8. The van der Waals surface area contributed by atoms with Gasteiger partial charge in [0.25, 0.3) is 0 Å². The molecule has 2 rings (SSSR count). The van der Waals surface area contributed by atoms with E-state index >= 15 is 0 Å². The zero-order valence-corrected chi connectivity index (χ0v) is 10.7. The van der Waals surface area contributed by atoms with Crippen LogP contribution in [0.25, 0.3) is 0 Å². The summed E-state index contributed by atoms with van der Waals surface area (Å²) in [6.07, 6.45) is 3.25. The molecule has 1 heterocycles. The van der Waals surface area contributed by atoms with Crippen molar-refractivity contribution in [3.63, 3.8) is 0 Å². The van der Waals surface area contributed by atoms with Crippen molar-refractivity contribution in [2.75, 3.05) is 6.54 Å². The Morgan fingerprint density at radius 3 is 2.59 bits per heavy atom. The number of ether oxygens (including phenoxy) is 1. The summed E-state index contributed by atoms with van der Waals surface area (Å²) in [4.78, 5) is 11.9. The summed E-state index contributed by atoms with van der Waals surface area (Å²) in [5, 5.41) is 12.4. The normalized spacial score (nSPS) is 42.4. The SMILES string of the molecule is CC1CCC(OC(=O)[C@@H]2C[C@@H](O)CN2)CC1C. The number of carbonyl (C=O) groups is 1. The molecule has 0 aromatic carbocycles. The lowest BCUT2D eigenvalue weighted by atomic mass is 9.80. The van der Waals surface area contributed by atoms with E-state index in [9.17, 15) is 9.90 Å². The van der Waals surface area contributed by atoms with Crippen molar-refractivity contribution < 1.29 is 14.6 Å². The number of nitrogens with one attached hydrogen (secondary N) is 1. The van der Waals surface area contributed by atoms with E-state index in [0.29, 0.717) is 18.9 Å². The summed E-state index contributed by atoms with van der Waals surface area (Å²) in [7, 11) is 0. The first-order valence-corrected chi connectivity index (χ1v) is 6.68. The maximum absolute atomic E-state index is 11.9. The van der Waals surface area contributed by atoms with Gasteiger partial charge in [0.1, 0.15) is 12.1 Å². The smallest absolute Gasteiger partial charge is 0.323 e. The number of hydrogen-bond donors (Lipinski definition) is 2. The summed E-state index contributed by atoms with van der Waals surface area (Å²) >= 11 is 0. The van der Waals surface area contributed by atoms with Gasteiger partial charge in [-0.25, -0.2) is 0 Å². The molecule has 17 heavy (non-hydrogen) atoms. The van der Waals surface area contributed by atoms with Crippen molar-refractivity contribution in [1.29, 1.82) is 0 Å². The maximum Gasteiger partial charge on any atom is 0.323 e. The summed E-state index contributed by atoms with van der Waals surface area (Å²) in [5.41, 5.74) is 0. The molecule has 1 saturated carbocycles. The Morgan fingerprint density at radius 2 is 2.00 bits per heavy atom. The predicted octanol–water partition coefficient (Wildman–Crippen LogP) is 1.08. The zero-order chi connectivity index (χ0) is 12.4. The third kappa shape index (κ3) is 3.19. The van der Waals surface area contributed by atoms with E-state index in [2.05, 4.69) is 19.2 Å². The number of β-amino-alcohol motifs (C(OH)–C–C–N with tert-alkyl or cyclic N) is 1. The highest BCUT2D eigenvalue weighted by Crippen LogP contribution is 2.31. The number of carbonyl (C=O) groups excluding carboxylic acids is 1. The Labute approximate surface area is 103 Å². The van der Waals surface area contributed by atoms with Crippen LogP contribution in [-0.4, -0.2) is 35.9 Å². The average Bonchev–Trinajstić information content (AvgIpc) is 2.70. The van der Waals surface area contributed by atoms with E-state index in [1.165, 1.54) is 0 Å². The van der Waals surface area contributed by atoms with Gasteiger partial charge in [-0.15, -0.1) is 0 Å². The molecular weight excluding hydrogens is 218 g/mol. The van der Waals surface area contributed by atoms with Crippen LogP contribution in [-0.2, 0) is 9.53 Å². The summed E-state index contributed by atoms with van der Waals surface area (Å²) < 4.78 is 5.53. The minimum atomic E-state index is -0.405. The summed E-state index contributed by atoms with van der Waals surface area (Å²) in [5.74, 6) is 1.17. The van der Waals surface area contributed by atoms with Crippen molar-refractivity contribution in [2.24, 2.45) is 11.8 Å². The average molecular weight is 241 g/mol. The van der Waals surface area contributed by atoms with E-state index in [1.54, 1.807) is 0 Å². The molecule has 4 nitrogen and oxygen atoms in total. The molecule has 0 bridgehead atoms. The van der Waals surface area contributed by atoms with Crippen LogP contribution >= 0.6 is 0 Å². The van der Waals surface area contributed by atoms with Crippen LogP contribution in [0.15, 0.2) is 0 Å². The molecule has 0 radical (unpaired) electrons. The van der Waals surface area contributed by atoms with Crippen molar-refractivity contribution in [3.05, 3.63) is 0 Å². The van der Waals surface area contributed by atoms with Crippen LogP contribution in [0.5, 0.6) is 0 Å². The van der Waals surface area contributed by atoms with Gasteiger partial charge in [-0.1, -0.05) is 13.8 Å². The van der Waals surface area contributed by atoms with E-state index < -0.39 is 6.10 Å². The van der Waals surface area contributed by atoms with Gasteiger partial charge in [0.15, 0.2) is 0 Å². The number of hydrogen-bond acceptors (Lipinski definition) is 4. The molecule has 1 saturated heterocycles. The Morgan fingerprint density at radius 1 is 1.24 bits per heavy atom. The van der Waals surface area contributed by atoms with Gasteiger partial charge in [-0.2, -0.15) is 0 Å². The first-order valence-electron chi connectivity index (χ1n) is 6.68. The quantitative estimate of drug-likeness (QED) is 0.710. The van der Waals surface area contributed by atoms with E-state index in [0.717, 1.165) is 25.2 Å². The van der Waals surface area contributed by atoms with Crippen LogP contribution in [0.3, 0.4) is 0 Å². The Hall–Kier alpha value is -0.610. The minimum absolute atomic E-state index is 0.0771. The van der Waals surface area contributed by atoms with Crippen molar-refractivity contribution >= 4 is 5.97 Å². The van der Waals surface area contributed by atoms with Gasteiger partial charge in [0.2, 0.25) is 0 Å². The Kier molecular flexibility index (Phi) is 4.05. The van der Waals surface area contributed by atoms with Gasteiger partial charge in [0, 0.05) is 13.0 Å². The first-order chi connectivity index (χ1) is 8.06. The maximum atomic E-state index is 11.9. The molecule has 3 unspecified atom stereocenters. The molecule has 0 aromatic rings. The molecular formula is C13H23NO3. The summed E-state index contributed by atoms with van der Waals surface area (Å²) in [6.45, 7) is 4.98. The molecule has 2 N–H and O–H groups in total. The Balaban J connectivity index is 1.79. The minimum Gasteiger partial charge on any atom is -0.461 e. The van der Waals surface area contributed by atoms with Gasteiger partial charge >= 0.3 is 5.97 Å². The standard InChI is InChI=1S/C13H23NO3/c1-8-3-4-11(5-9(8)2)17-13(16)12-6-10(15)7-14-12/h8-12,14-15H,3-7H2,1-2H3/t8?,9?,10-,11?,12+/m1/s1. The second-order valence-corrected chi connectivity index (χ2v) is 5.68. The third-order valence-corrected chi connectivity index (χ3v) is 4.23.